The molecular formula is C10H17N5O. The molecule has 0 aromatic carbocycles. The van der Waals surface area contributed by atoms with Gasteiger partial charge in [0.25, 0.3) is 0 Å². The Bertz CT molecular complexity index is 385. The van der Waals surface area contributed by atoms with E-state index in [4.69, 9.17) is 0 Å². The first kappa shape index (κ1) is 10.9. The fourth-order valence-electron chi connectivity index (χ4n) is 1.75. The van der Waals surface area contributed by atoms with Crippen LogP contribution in [0.1, 0.15) is 6.42 Å². The maximum Gasteiger partial charge on any atom is 0.238 e. The van der Waals surface area contributed by atoms with Crippen LogP contribution in [0.5, 0.6) is 0 Å². The molecule has 1 aliphatic rings. The Morgan fingerprint density at radius 3 is 3.25 bits per heavy atom. The molecule has 6 heteroatoms. The summed E-state index contributed by atoms with van der Waals surface area (Å²) in [5.74, 6) is 0.895. The first-order valence-electron chi connectivity index (χ1n) is 5.41. The maximum atomic E-state index is 11.6. The summed E-state index contributed by atoms with van der Waals surface area (Å²) in [6.45, 7) is 2.22. The van der Waals surface area contributed by atoms with Crippen LogP contribution in [-0.2, 0) is 11.3 Å². The van der Waals surface area contributed by atoms with Crippen LogP contribution in [0.25, 0.3) is 0 Å². The smallest absolute Gasteiger partial charge is 0.238 e. The topological polar surface area (TPSA) is 62.2 Å². The van der Waals surface area contributed by atoms with Crippen molar-refractivity contribution < 1.29 is 4.79 Å². The summed E-state index contributed by atoms with van der Waals surface area (Å²) in [4.78, 5) is 13.4. The van der Waals surface area contributed by atoms with E-state index in [0.717, 1.165) is 31.0 Å². The minimum Gasteiger partial charge on any atom is -0.368 e. The number of aryl methyl sites for hydroxylation is 1. The summed E-state index contributed by atoms with van der Waals surface area (Å²) in [5.41, 5.74) is 0.770. The molecule has 2 rings (SSSR count). The van der Waals surface area contributed by atoms with Gasteiger partial charge < -0.3 is 15.5 Å². The molecule has 6 nitrogen and oxygen atoms in total. The summed E-state index contributed by atoms with van der Waals surface area (Å²) in [6.07, 6.45) is 2.76. The second-order valence-corrected chi connectivity index (χ2v) is 4.20. The van der Waals surface area contributed by atoms with Gasteiger partial charge in [-0.25, -0.2) is 4.68 Å². The lowest BCUT2D eigenvalue weighted by atomic mass is 10.3. The fourth-order valence-corrected chi connectivity index (χ4v) is 1.75. The average molecular weight is 223 g/mol. The predicted molar refractivity (Wildman–Crippen MR) is 62.5 cm³/mol. The van der Waals surface area contributed by atoms with Crippen molar-refractivity contribution in [3.63, 3.8) is 0 Å². The molecule has 0 atom stereocenters. The second kappa shape index (κ2) is 4.52. The molecule has 0 saturated heterocycles. The van der Waals surface area contributed by atoms with Gasteiger partial charge in [0.1, 0.15) is 11.5 Å². The number of nitrogens with zero attached hydrogens (tertiary/aromatic N) is 3. The third-order valence-electron chi connectivity index (χ3n) is 2.41. The molecule has 88 valence electrons. The molecule has 1 amide bonds. The number of amides is 1. The van der Waals surface area contributed by atoms with Crippen LogP contribution in [0.3, 0.4) is 0 Å². The van der Waals surface area contributed by atoms with Gasteiger partial charge in [0.2, 0.25) is 5.91 Å². The molecular weight excluding hydrogens is 206 g/mol. The molecule has 0 unspecified atom stereocenters. The number of nitrogens with one attached hydrogen (secondary N) is 2. The van der Waals surface area contributed by atoms with Crippen molar-refractivity contribution in [2.24, 2.45) is 0 Å². The molecule has 2 N–H and O–H groups in total. The van der Waals surface area contributed by atoms with E-state index >= 15 is 0 Å². The summed E-state index contributed by atoms with van der Waals surface area (Å²) in [6, 6.07) is 0. The Morgan fingerprint density at radius 2 is 2.50 bits per heavy atom. The highest BCUT2D eigenvalue weighted by Gasteiger charge is 2.15. The van der Waals surface area contributed by atoms with Crippen molar-refractivity contribution in [3.05, 3.63) is 6.20 Å². The number of carbonyl (C=O) groups is 1. The standard InChI is InChI=1S/C10H17N5O/c1-14(2)7-9(16)13-8-6-12-15-5-3-4-11-10(8)15/h6,11H,3-5,7H2,1-2H3,(H,13,16). The number of rotatable bonds is 3. The van der Waals surface area contributed by atoms with Gasteiger partial charge in [-0.05, 0) is 20.5 Å². The van der Waals surface area contributed by atoms with Gasteiger partial charge in [0, 0.05) is 13.1 Å². The third kappa shape index (κ3) is 2.33. The van der Waals surface area contributed by atoms with E-state index in [1.165, 1.54) is 0 Å². The lowest BCUT2D eigenvalue weighted by molar-refractivity contribution is -0.116. The highest BCUT2D eigenvalue weighted by Crippen LogP contribution is 2.23. The third-order valence-corrected chi connectivity index (χ3v) is 2.41. The van der Waals surface area contributed by atoms with Crippen molar-refractivity contribution in [2.75, 3.05) is 37.8 Å². The van der Waals surface area contributed by atoms with Gasteiger partial charge in [-0.15, -0.1) is 0 Å². The molecule has 0 saturated carbocycles. The van der Waals surface area contributed by atoms with Crippen molar-refractivity contribution in [2.45, 2.75) is 13.0 Å². The van der Waals surface area contributed by atoms with E-state index in [2.05, 4.69) is 15.7 Å². The summed E-state index contributed by atoms with van der Waals surface area (Å²) >= 11 is 0. The quantitative estimate of drug-likeness (QED) is 0.768. The predicted octanol–water partition coefficient (Wildman–Crippen LogP) is 0.199. The zero-order valence-electron chi connectivity index (χ0n) is 9.66. The monoisotopic (exact) mass is 223 g/mol. The lowest BCUT2D eigenvalue weighted by Crippen LogP contribution is -2.27. The minimum atomic E-state index is -0.0202. The Balaban J connectivity index is 2.04. The van der Waals surface area contributed by atoms with Crippen molar-refractivity contribution in [1.29, 1.82) is 0 Å². The van der Waals surface area contributed by atoms with Gasteiger partial charge in [-0.3, -0.25) is 4.79 Å². The first-order chi connectivity index (χ1) is 7.66. The molecule has 1 aromatic heterocycles. The van der Waals surface area contributed by atoms with E-state index < -0.39 is 0 Å². The van der Waals surface area contributed by atoms with Crippen molar-refractivity contribution in [3.8, 4) is 0 Å². The Hall–Kier alpha value is -1.56. The van der Waals surface area contributed by atoms with Gasteiger partial charge in [0.15, 0.2) is 0 Å². The van der Waals surface area contributed by atoms with Crippen LogP contribution in [0.15, 0.2) is 6.20 Å². The molecule has 0 radical (unpaired) electrons. The lowest BCUT2D eigenvalue weighted by Gasteiger charge is -2.17. The van der Waals surface area contributed by atoms with E-state index in [1.807, 2.05) is 23.7 Å². The van der Waals surface area contributed by atoms with E-state index in [1.54, 1.807) is 6.20 Å². The molecule has 16 heavy (non-hydrogen) atoms. The number of hydrogen-bond donors (Lipinski definition) is 2. The number of hydrogen-bond acceptors (Lipinski definition) is 4. The summed E-state index contributed by atoms with van der Waals surface area (Å²) in [7, 11) is 3.73. The zero-order chi connectivity index (χ0) is 11.5. The fraction of sp³-hybridized carbons (Fsp3) is 0.600. The number of carbonyl (C=O) groups excluding carboxylic acids is 1. The zero-order valence-corrected chi connectivity index (χ0v) is 9.66. The Kier molecular flexibility index (Phi) is 3.09. The van der Waals surface area contributed by atoms with Gasteiger partial charge in [-0.1, -0.05) is 0 Å². The molecule has 0 fully saturated rings. The molecule has 1 aromatic rings. The first-order valence-corrected chi connectivity index (χ1v) is 5.41. The van der Waals surface area contributed by atoms with Gasteiger partial charge >= 0.3 is 0 Å². The number of fused-ring (bicyclic) bond motifs is 1. The summed E-state index contributed by atoms with van der Waals surface area (Å²) < 4.78 is 1.88. The number of likely N-dealkylation sites (N-methyl/N-ethyl adjacent to an activating group) is 1. The molecule has 0 spiro atoms. The van der Waals surface area contributed by atoms with Crippen molar-refractivity contribution in [1.82, 2.24) is 14.7 Å². The normalized spacial score (nSPS) is 14.4. The number of anilines is 2. The highest BCUT2D eigenvalue weighted by molar-refractivity contribution is 5.94. The van der Waals surface area contributed by atoms with Crippen molar-refractivity contribution >= 4 is 17.4 Å². The van der Waals surface area contributed by atoms with Crippen LogP contribution in [-0.4, -0.2) is 47.8 Å². The molecule has 0 aliphatic carbocycles. The minimum absolute atomic E-state index is 0.0202. The SMILES string of the molecule is CN(C)CC(=O)Nc1cnn2c1NCCC2. The van der Waals surface area contributed by atoms with E-state index in [-0.39, 0.29) is 5.91 Å². The van der Waals surface area contributed by atoms with Crippen LogP contribution in [0, 0.1) is 0 Å². The Morgan fingerprint density at radius 1 is 1.69 bits per heavy atom. The van der Waals surface area contributed by atoms with Gasteiger partial charge in [0.05, 0.1) is 12.7 Å². The average Bonchev–Trinajstić information content (AvgIpc) is 2.61. The maximum absolute atomic E-state index is 11.6. The van der Waals surface area contributed by atoms with E-state index in [0.29, 0.717) is 6.54 Å². The van der Waals surface area contributed by atoms with Crippen LogP contribution >= 0.6 is 0 Å². The number of aromatic nitrogens is 2. The molecule has 2 heterocycles. The largest absolute Gasteiger partial charge is 0.368 e. The van der Waals surface area contributed by atoms with E-state index in [9.17, 15) is 4.79 Å². The van der Waals surface area contributed by atoms with Crippen LogP contribution in [0.2, 0.25) is 0 Å². The van der Waals surface area contributed by atoms with Gasteiger partial charge in [-0.2, -0.15) is 5.10 Å². The highest BCUT2D eigenvalue weighted by atomic mass is 16.2. The van der Waals surface area contributed by atoms with Crippen LogP contribution < -0.4 is 10.6 Å². The second-order valence-electron chi connectivity index (χ2n) is 4.20. The molecule has 0 bridgehead atoms. The summed E-state index contributed by atoms with van der Waals surface area (Å²) in [5, 5.41) is 10.3. The van der Waals surface area contributed by atoms with Crippen LogP contribution in [0.4, 0.5) is 11.5 Å². The Labute approximate surface area is 94.6 Å². The molecule has 1 aliphatic heterocycles.